The number of benzene rings is 2. The van der Waals surface area contributed by atoms with E-state index in [0.717, 1.165) is 24.5 Å². The number of alkyl halides is 9. The Hall–Kier alpha value is -5.12. The van der Waals surface area contributed by atoms with E-state index in [2.05, 4.69) is 32.3 Å². The fourth-order valence-electron chi connectivity index (χ4n) is 7.73. The zero-order chi connectivity index (χ0) is 48.9. The summed E-state index contributed by atoms with van der Waals surface area (Å²) in [4.78, 5) is 18.6. The van der Waals surface area contributed by atoms with Gasteiger partial charge < -0.3 is 5.32 Å². The summed E-state index contributed by atoms with van der Waals surface area (Å²) in [6.07, 6.45) is -9.52. The van der Waals surface area contributed by atoms with Gasteiger partial charge in [-0.05, 0) is 74.4 Å². The lowest BCUT2D eigenvalue weighted by molar-refractivity contribution is -0.143. The Labute approximate surface area is 379 Å². The molecule has 2 aliphatic rings. The second-order valence-corrected chi connectivity index (χ2v) is 21.4. The second-order valence-electron chi connectivity index (χ2n) is 16.2. The number of amides is 1. The van der Waals surface area contributed by atoms with Crippen LogP contribution in [0.3, 0.4) is 0 Å². The smallest absolute Gasteiger partial charge is 0.346 e. The van der Waals surface area contributed by atoms with E-state index in [4.69, 9.17) is 23.2 Å². The highest BCUT2D eigenvalue weighted by atomic mass is 35.5. The molecule has 1 N–H and O–H groups in total. The fraction of sp³-hybridized carbons (Fsp3) is 0.400. The lowest BCUT2D eigenvalue weighted by atomic mass is 9.93. The summed E-state index contributed by atoms with van der Waals surface area (Å²) < 4.78 is 196. The first-order valence-corrected chi connectivity index (χ1v) is 23.8. The van der Waals surface area contributed by atoms with Crippen LogP contribution in [-0.2, 0) is 56.3 Å². The zero-order valence-electron chi connectivity index (χ0n) is 34.4. The standard InChI is InChI=1S/C40H33Cl2F10N7O5S2/c1-37(2,65(3,61)62)10-9-22-5-6-23(24-7-8-27(42)31-33(24)58(17-38(45,46)47)56-36(31)59(18-41)66(4,63)64)32(53-22)28(13-19-11-20(43)14-21(44)12-19)54-29(60)16-57-35-30(34(55-57)40(50,51)52)25-15-26(25)39(35,48)49/h5-8,11-12,14,25-26,28H,13,15-18H2,1-4H3,(H,54,60)/t25-,26+,28?/m0/s1. The molecule has 2 aromatic carbocycles. The Morgan fingerprint density at radius 3 is 2.18 bits per heavy atom. The SMILES string of the molecule is CC(C)(C#Cc1ccc(-c2ccc(Cl)c3c(N(CCl)S(C)(=O)=O)nn(CC(F)(F)F)c23)c(C(Cc2cc(F)cc(F)c2)NC(=O)Cn2nc(C(F)(F)F)c3c2C(F)(F)[C@@H]2C[C@H]32)n1)S(C)(=O)=O. The van der Waals surface area contributed by atoms with Gasteiger partial charge in [0, 0.05) is 34.9 Å². The summed E-state index contributed by atoms with van der Waals surface area (Å²) in [6.45, 7) is -0.599. The van der Waals surface area contributed by atoms with Crippen molar-refractivity contribution < 1.29 is 65.5 Å². The molecule has 0 spiro atoms. The highest BCUT2D eigenvalue weighted by Crippen LogP contribution is 2.68. The van der Waals surface area contributed by atoms with Crippen LogP contribution in [0.15, 0.2) is 42.5 Å². The summed E-state index contributed by atoms with van der Waals surface area (Å²) in [5.74, 6) is -5.48. The fourth-order valence-corrected chi connectivity index (χ4v) is 9.47. The second kappa shape index (κ2) is 16.6. The van der Waals surface area contributed by atoms with E-state index in [1.165, 1.54) is 32.0 Å². The van der Waals surface area contributed by atoms with Gasteiger partial charge in [-0.25, -0.2) is 34.9 Å². The molecule has 3 atom stereocenters. The topological polar surface area (TPSA) is 149 Å². The van der Waals surface area contributed by atoms with Crippen molar-refractivity contribution >= 4 is 65.7 Å². The lowest BCUT2D eigenvalue weighted by Crippen LogP contribution is -2.35. The molecule has 2 aliphatic carbocycles. The number of pyridine rings is 1. The number of nitrogens with zero attached hydrogens (tertiary/aromatic N) is 6. The Bertz CT molecular complexity index is 3090. The normalized spacial score (nSPS) is 17.5. The molecule has 0 radical (unpaired) electrons. The first-order valence-electron chi connectivity index (χ1n) is 19.2. The summed E-state index contributed by atoms with van der Waals surface area (Å²) in [5.41, 5.74) is -5.30. The van der Waals surface area contributed by atoms with E-state index in [1.54, 1.807) is 0 Å². The van der Waals surface area contributed by atoms with Gasteiger partial charge in [0.2, 0.25) is 15.9 Å². The number of aromatic nitrogens is 5. The van der Waals surface area contributed by atoms with Gasteiger partial charge in [-0.3, -0.25) is 14.2 Å². The first-order chi connectivity index (χ1) is 30.3. The predicted molar refractivity (Wildman–Crippen MR) is 221 cm³/mol. The third-order valence-corrected chi connectivity index (χ3v) is 14.8. The van der Waals surface area contributed by atoms with E-state index in [-0.39, 0.29) is 43.9 Å². The van der Waals surface area contributed by atoms with Crippen molar-refractivity contribution in [3.63, 3.8) is 0 Å². The maximum absolute atomic E-state index is 15.5. The van der Waals surface area contributed by atoms with Crippen LogP contribution in [0.4, 0.5) is 49.7 Å². The molecule has 1 fully saturated rings. The maximum Gasteiger partial charge on any atom is 0.435 e. The molecule has 0 bridgehead atoms. The van der Waals surface area contributed by atoms with Crippen molar-refractivity contribution in [1.29, 1.82) is 0 Å². The number of sulfone groups is 1. The van der Waals surface area contributed by atoms with Gasteiger partial charge in [-0.1, -0.05) is 23.6 Å². The van der Waals surface area contributed by atoms with Crippen LogP contribution in [-0.4, -0.2) is 76.7 Å². The van der Waals surface area contributed by atoms with Crippen molar-refractivity contribution in [1.82, 2.24) is 29.9 Å². The molecule has 1 unspecified atom stereocenters. The van der Waals surface area contributed by atoms with Crippen LogP contribution in [0.2, 0.25) is 5.02 Å². The van der Waals surface area contributed by atoms with E-state index in [1.807, 2.05) is 0 Å². The molecule has 7 rings (SSSR count). The van der Waals surface area contributed by atoms with E-state index < -0.39 is 138 Å². The molecule has 354 valence electrons. The van der Waals surface area contributed by atoms with Crippen LogP contribution in [0.25, 0.3) is 22.0 Å². The molecule has 1 saturated carbocycles. The molecule has 1 amide bonds. The number of rotatable bonds is 12. The van der Waals surface area contributed by atoms with Gasteiger partial charge in [0.15, 0.2) is 21.3 Å². The quantitative estimate of drug-likeness (QED) is 0.0569. The van der Waals surface area contributed by atoms with Crippen molar-refractivity contribution in [2.75, 3.05) is 22.8 Å². The van der Waals surface area contributed by atoms with E-state index >= 15 is 8.78 Å². The Morgan fingerprint density at radius 1 is 0.970 bits per heavy atom. The van der Waals surface area contributed by atoms with Gasteiger partial charge in [0.25, 0.3) is 5.92 Å². The minimum atomic E-state index is -5.19. The number of nitrogens with one attached hydrogen (secondary N) is 1. The van der Waals surface area contributed by atoms with E-state index in [0.29, 0.717) is 21.3 Å². The predicted octanol–water partition coefficient (Wildman–Crippen LogP) is 8.25. The molecule has 26 heteroatoms. The molecule has 3 aromatic heterocycles. The summed E-state index contributed by atoms with van der Waals surface area (Å²) in [6, 6.07) is 4.32. The van der Waals surface area contributed by atoms with Gasteiger partial charge in [-0.15, -0.1) is 11.6 Å². The summed E-state index contributed by atoms with van der Waals surface area (Å²) >= 11 is 12.5. The zero-order valence-corrected chi connectivity index (χ0v) is 37.5. The minimum absolute atomic E-state index is 0.206. The highest BCUT2D eigenvalue weighted by molar-refractivity contribution is 7.92. The Morgan fingerprint density at radius 2 is 1.61 bits per heavy atom. The Kier molecular flexibility index (Phi) is 12.3. The van der Waals surface area contributed by atoms with Gasteiger partial charge in [0.05, 0.1) is 33.9 Å². The number of halogens is 12. The summed E-state index contributed by atoms with van der Waals surface area (Å²) in [7, 11) is -8.21. The number of fused-ring (bicyclic) bond motifs is 4. The average molecular weight is 1020 g/mol. The first kappa shape index (κ1) is 48.8. The van der Waals surface area contributed by atoms with Crippen molar-refractivity contribution in [3.05, 3.63) is 93.0 Å². The van der Waals surface area contributed by atoms with Crippen molar-refractivity contribution in [2.45, 2.75) is 74.8 Å². The number of carbonyl (C=O) groups is 1. The monoisotopic (exact) mass is 1020 g/mol. The largest absolute Gasteiger partial charge is 0.435 e. The third-order valence-electron chi connectivity index (χ3n) is 11.1. The van der Waals surface area contributed by atoms with Crippen molar-refractivity contribution in [2.24, 2.45) is 5.92 Å². The third kappa shape index (κ3) is 9.40. The molecule has 12 nitrogen and oxygen atoms in total. The lowest BCUT2D eigenvalue weighted by Gasteiger charge is -2.23. The highest BCUT2D eigenvalue weighted by Gasteiger charge is 2.68. The van der Waals surface area contributed by atoms with Gasteiger partial charge in [0.1, 0.15) is 46.9 Å². The molecule has 0 saturated heterocycles. The van der Waals surface area contributed by atoms with Crippen LogP contribution < -0.4 is 9.62 Å². The number of anilines is 1. The number of hydrogen-bond donors (Lipinski definition) is 1. The maximum atomic E-state index is 15.5. The van der Waals surface area contributed by atoms with Crippen molar-refractivity contribution in [3.8, 4) is 23.0 Å². The molecule has 66 heavy (non-hydrogen) atoms. The molecule has 5 aromatic rings. The van der Waals surface area contributed by atoms with Gasteiger partial charge >= 0.3 is 12.4 Å². The molecular weight excluding hydrogens is 984 g/mol. The number of sulfonamides is 1. The van der Waals surface area contributed by atoms with E-state index in [9.17, 15) is 56.8 Å². The average Bonchev–Trinajstić information content (AvgIpc) is 3.68. The number of hydrogen-bond acceptors (Lipinski definition) is 8. The van der Waals surface area contributed by atoms with Crippen LogP contribution in [0.5, 0.6) is 0 Å². The van der Waals surface area contributed by atoms with Crippen LogP contribution in [0, 0.1) is 29.4 Å². The van der Waals surface area contributed by atoms with Crippen LogP contribution in [0.1, 0.15) is 66.1 Å². The Balaban J connectivity index is 1.47. The van der Waals surface area contributed by atoms with Gasteiger partial charge in [-0.2, -0.15) is 45.3 Å². The molecule has 3 heterocycles. The molecular formula is C40H33Cl2F10N7O5S2. The van der Waals surface area contributed by atoms with Crippen LogP contribution >= 0.6 is 23.2 Å². The summed E-state index contributed by atoms with van der Waals surface area (Å²) in [5, 5.41) is 9.06. The molecule has 0 aliphatic heterocycles. The minimum Gasteiger partial charge on any atom is -0.346 e. The number of carbonyl (C=O) groups excluding carboxylic acids is 1.